The molecule has 1 heterocycles. The van der Waals surface area contributed by atoms with E-state index in [0.717, 1.165) is 31.1 Å². The summed E-state index contributed by atoms with van der Waals surface area (Å²) < 4.78 is 2.19. The third-order valence-corrected chi connectivity index (χ3v) is 5.08. The van der Waals surface area contributed by atoms with Crippen molar-refractivity contribution in [3.63, 3.8) is 0 Å². The molecule has 1 unspecified atom stereocenters. The lowest BCUT2D eigenvalue weighted by Gasteiger charge is -2.49. The number of nitrogens with zero attached hydrogens (tertiary/aromatic N) is 3. The molecule has 1 aromatic rings. The number of hydrogen-bond acceptors (Lipinski definition) is 4. The number of hydrogen-bond donors (Lipinski definition) is 2. The molecule has 1 aromatic heterocycles. The summed E-state index contributed by atoms with van der Waals surface area (Å²) in [6, 6.07) is 0.0694. The first-order valence-corrected chi connectivity index (χ1v) is 7.69. The van der Waals surface area contributed by atoms with Crippen LogP contribution in [0.15, 0.2) is 12.4 Å². The van der Waals surface area contributed by atoms with Crippen molar-refractivity contribution in [3.05, 3.63) is 18.2 Å². The lowest BCUT2D eigenvalue weighted by atomic mass is 9.72. The smallest absolute Gasteiger partial charge is 0.129 e. The summed E-state index contributed by atoms with van der Waals surface area (Å²) in [5, 5.41) is 0. The predicted molar refractivity (Wildman–Crippen MR) is 82.0 cm³/mol. The Morgan fingerprint density at radius 2 is 2.15 bits per heavy atom. The molecule has 5 nitrogen and oxygen atoms in total. The van der Waals surface area contributed by atoms with Gasteiger partial charge in [-0.05, 0) is 52.6 Å². The highest BCUT2D eigenvalue weighted by Crippen LogP contribution is 2.42. The average molecular weight is 279 g/mol. The molecule has 114 valence electrons. The van der Waals surface area contributed by atoms with Crippen molar-refractivity contribution in [2.24, 2.45) is 11.8 Å². The topological polar surface area (TPSA) is 59.1 Å². The third-order valence-electron chi connectivity index (χ3n) is 5.08. The molecule has 5 heteroatoms. The summed E-state index contributed by atoms with van der Waals surface area (Å²) in [6.07, 6.45) is 8.73. The van der Waals surface area contributed by atoms with Crippen molar-refractivity contribution in [1.29, 1.82) is 0 Å². The van der Waals surface area contributed by atoms with Gasteiger partial charge in [-0.1, -0.05) is 6.92 Å². The minimum atomic E-state index is 0.0551. The molecule has 2 rings (SSSR count). The zero-order valence-electron chi connectivity index (χ0n) is 13.3. The van der Waals surface area contributed by atoms with Gasteiger partial charge in [0.05, 0.1) is 6.04 Å². The average Bonchev–Trinajstić information content (AvgIpc) is 2.90. The number of nitrogens with two attached hydrogens (primary N) is 1. The molecule has 0 spiro atoms. The lowest BCUT2D eigenvalue weighted by Crippen LogP contribution is -2.57. The molecule has 0 bridgehead atoms. The Hall–Kier alpha value is -0.910. The van der Waals surface area contributed by atoms with Crippen molar-refractivity contribution in [3.8, 4) is 0 Å². The second-order valence-electron chi connectivity index (χ2n) is 6.35. The van der Waals surface area contributed by atoms with E-state index < -0.39 is 0 Å². The Balaban J connectivity index is 2.36. The molecule has 0 aliphatic heterocycles. The van der Waals surface area contributed by atoms with Gasteiger partial charge >= 0.3 is 0 Å². The zero-order valence-corrected chi connectivity index (χ0v) is 13.3. The fraction of sp³-hybridized carbons (Fsp3) is 0.800. The minimum absolute atomic E-state index is 0.0551. The fourth-order valence-corrected chi connectivity index (χ4v) is 3.57. The third kappa shape index (κ3) is 2.62. The van der Waals surface area contributed by atoms with Gasteiger partial charge in [0.1, 0.15) is 5.82 Å². The van der Waals surface area contributed by atoms with Crippen LogP contribution in [-0.2, 0) is 6.54 Å². The molecule has 0 saturated heterocycles. The number of rotatable bonds is 5. The molecular weight excluding hydrogens is 250 g/mol. The van der Waals surface area contributed by atoms with Gasteiger partial charge in [0, 0.05) is 24.5 Å². The van der Waals surface area contributed by atoms with Crippen LogP contribution >= 0.6 is 0 Å². The predicted octanol–water partition coefficient (Wildman–Crippen LogP) is 1.92. The van der Waals surface area contributed by atoms with E-state index >= 15 is 0 Å². The van der Waals surface area contributed by atoms with Crippen molar-refractivity contribution < 1.29 is 0 Å². The maximum atomic E-state index is 5.95. The van der Waals surface area contributed by atoms with Crippen LogP contribution in [0.25, 0.3) is 0 Å². The normalized spacial score (nSPS) is 28.8. The number of likely N-dealkylation sites (N-methyl/N-ethyl adjacent to an activating group) is 1. The van der Waals surface area contributed by atoms with E-state index in [-0.39, 0.29) is 11.6 Å². The van der Waals surface area contributed by atoms with Crippen molar-refractivity contribution in [1.82, 2.24) is 19.9 Å². The minimum Gasteiger partial charge on any atom is -0.334 e. The monoisotopic (exact) mass is 279 g/mol. The highest BCUT2D eigenvalue weighted by Gasteiger charge is 2.45. The Morgan fingerprint density at radius 3 is 2.65 bits per heavy atom. The molecule has 1 saturated carbocycles. The van der Waals surface area contributed by atoms with Crippen LogP contribution in [0.5, 0.6) is 0 Å². The molecule has 1 aliphatic rings. The maximum Gasteiger partial charge on any atom is 0.129 e. The van der Waals surface area contributed by atoms with Crippen LogP contribution in [0.1, 0.15) is 51.4 Å². The molecule has 0 radical (unpaired) electrons. The quantitative estimate of drug-likeness (QED) is 0.638. The van der Waals surface area contributed by atoms with Gasteiger partial charge in [-0.2, -0.15) is 0 Å². The van der Waals surface area contributed by atoms with E-state index in [1.807, 2.05) is 12.4 Å². The van der Waals surface area contributed by atoms with E-state index in [0.29, 0.717) is 0 Å². The summed E-state index contributed by atoms with van der Waals surface area (Å²) >= 11 is 0. The first-order valence-electron chi connectivity index (χ1n) is 7.69. The molecule has 0 amide bonds. The summed E-state index contributed by atoms with van der Waals surface area (Å²) in [7, 11) is 4.33. The van der Waals surface area contributed by atoms with Crippen molar-refractivity contribution >= 4 is 0 Å². The van der Waals surface area contributed by atoms with Crippen LogP contribution < -0.4 is 11.3 Å². The second-order valence-corrected chi connectivity index (χ2v) is 6.35. The molecule has 1 atom stereocenters. The first kappa shape index (κ1) is 15.5. The van der Waals surface area contributed by atoms with Gasteiger partial charge in [-0.15, -0.1) is 0 Å². The number of imidazole rings is 1. The van der Waals surface area contributed by atoms with E-state index in [1.54, 1.807) is 0 Å². The van der Waals surface area contributed by atoms with E-state index in [4.69, 9.17) is 5.84 Å². The van der Waals surface area contributed by atoms with Crippen LogP contribution in [0.4, 0.5) is 0 Å². The van der Waals surface area contributed by atoms with Gasteiger partial charge in [0.2, 0.25) is 0 Å². The molecule has 1 fully saturated rings. The van der Waals surface area contributed by atoms with Crippen LogP contribution in [0, 0.1) is 5.92 Å². The lowest BCUT2D eigenvalue weighted by molar-refractivity contribution is 0.0386. The van der Waals surface area contributed by atoms with Crippen LogP contribution in [0.2, 0.25) is 0 Å². The number of hydrazine groups is 1. The number of aromatic nitrogens is 2. The summed E-state index contributed by atoms with van der Waals surface area (Å²) in [5.41, 5.74) is 3.12. The zero-order chi connectivity index (χ0) is 14.8. The van der Waals surface area contributed by atoms with Crippen LogP contribution in [0.3, 0.4) is 0 Å². The Labute approximate surface area is 122 Å². The first-order chi connectivity index (χ1) is 9.55. The van der Waals surface area contributed by atoms with Gasteiger partial charge in [0.15, 0.2) is 0 Å². The second kappa shape index (κ2) is 6.24. The van der Waals surface area contributed by atoms with Gasteiger partial charge in [0.25, 0.3) is 0 Å². The highest BCUT2D eigenvalue weighted by molar-refractivity contribution is 5.11. The molecule has 1 aliphatic carbocycles. The number of nitrogens with one attached hydrogen (secondary N) is 1. The molecular formula is C15H29N5. The molecule has 3 N–H and O–H groups in total. The number of aryl methyl sites for hydroxylation is 1. The Morgan fingerprint density at radius 1 is 1.50 bits per heavy atom. The van der Waals surface area contributed by atoms with E-state index in [9.17, 15) is 0 Å². The van der Waals surface area contributed by atoms with Gasteiger partial charge < -0.3 is 9.47 Å². The Bertz CT molecular complexity index is 418. The highest BCUT2D eigenvalue weighted by atomic mass is 15.3. The SMILES string of the molecule is CCn1ccnc1C(NN)C1(N(C)C)CCC(C)CC1. The van der Waals surface area contributed by atoms with Crippen molar-refractivity contribution in [2.45, 2.75) is 57.7 Å². The molecule has 20 heavy (non-hydrogen) atoms. The maximum absolute atomic E-state index is 5.95. The summed E-state index contributed by atoms with van der Waals surface area (Å²) in [6.45, 7) is 5.41. The van der Waals surface area contributed by atoms with Gasteiger partial charge in [-0.3, -0.25) is 5.84 Å². The summed E-state index contributed by atoms with van der Waals surface area (Å²) in [4.78, 5) is 6.92. The van der Waals surface area contributed by atoms with E-state index in [2.05, 4.69) is 47.8 Å². The Kier molecular flexibility index (Phi) is 4.83. The summed E-state index contributed by atoms with van der Waals surface area (Å²) in [5.74, 6) is 7.81. The van der Waals surface area contributed by atoms with Gasteiger partial charge in [-0.25, -0.2) is 10.4 Å². The molecule has 0 aromatic carbocycles. The standard InChI is InChI=1S/C15H29N5/c1-5-20-11-10-17-14(20)13(18-16)15(19(3)4)8-6-12(2)7-9-15/h10-13,18H,5-9,16H2,1-4H3. The fourth-order valence-electron chi connectivity index (χ4n) is 3.57. The van der Waals surface area contributed by atoms with E-state index in [1.165, 1.54) is 12.8 Å². The van der Waals surface area contributed by atoms with Crippen LogP contribution in [-0.4, -0.2) is 34.1 Å². The van der Waals surface area contributed by atoms with Crippen molar-refractivity contribution in [2.75, 3.05) is 14.1 Å². The largest absolute Gasteiger partial charge is 0.334 e.